The number of aryl methyl sites for hydroxylation is 2. The summed E-state index contributed by atoms with van der Waals surface area (Å²) in [5, 5.41) is 10.8. The number of tetrazole rings is 1. The van der Waals surface area contributed by atoms with Crippen molar-refractivity contribution in [1.29, 1.82) is 0 Å². The van der Waals surface area contributed by atoms with Crippen LogP contribution in [-0.4, -0.2) is 25.2 Å². The van der Waals surface area contributed by atoms with Gasteiger partial charge in [-0.3, -0.25) is 4.98 Å². The van der Waals surface area contributed by atoms with Gasteiger partial charge in [-0.1, -0.05) is 11.2 Å². The van der Waals surface area contributed by atoms with Crippen molar-refractivity contribution in [3.05, 3.63) is 30.1 Å². The van der Waals surface area contributed by atoms with E-state index < -0.39 is 0 Å². The number of hydrogen-bond acceptors (Lipinski definition) is 5. The van der Waals surface area contributed by atoms with Gasteiger partial charge in [-0.05, 0) is 28.5 Å². The Hall–Kier alpha value is -1.98. The summed E-state index contributed by atoms with van der Waals surface area (Å²) >= 11 is 0. The van der Waals surface area contributed by atoms with Crippen molar-refractivity contribution in [2.45, 2.75) is 13.0 Å². The maximum absolute atomic E-state index is 5.52. The minimum atomic E-state index is 0.342. The summed E-state index contributed by atoms with van der Waals surface area (Å²) in [5.74, 6) is 0.342. The normalized spacial score (nSPS) is 10.3. The van der Waals surface area contributed by atoms with Crippen LogP contribution in [0.3, 0.4) is 0 Å². The van der Waals surface area contributed by atoms with Crippen LogP contribution in [0.2, 0.25) is 0 Å². The Kier molecular flexibility index (Phi) is 2.35. The quantitative estimate of drug-likeness (QED) is 0.730. The van der Waals surface area contributed by atoms with Gasteiger partial charge in [0.1, 0.15) is 0 Å². The van der Waals surface area contributed by atoms with Gasteiger partial charge >= 0.3 is 0 Å². The highest BCUT2D eigenvalue weighted by atomic mass is 15.6. The summed E-state index contributed by atoms with van der Waals surface area (Å²) in [5.41, 5.74) is 6.66. The summed E-state index contributed by atoms with van der Waals surface area (Å²) in [6.45, 7) is 0.671. The van der Waals surface area contributed by atoms with E-state index in [0.717, 1.165) is 12.0 Å². The fourth-order valence-electron chi connectivity index (χ4n) is 1.15. The molecule has 0 radical (unpaired) electrons. The molecule has 2 N–H and O–H groups in total. The number of nitrogens with zero attached hydrogens (tertiary/aromatic N) is 5. The minimum absolute atomic E-state index is 0.342. The smallest absolute Gasteiger partial charge is 0.240 e. The molecule has 0 fully saturated rings. The van der Waals surface area contributed by atoms with Crippen LogP contribution < -0.4 is 5.73 Å². The lowest BCUT2D eigenvalue weighted by molar-refractivity contribution is 0.595. The van der Waals surface area contributed by atoms with Gasteiger partial charge in [-0.2, -0.15) is 0 Å². The Balaban J connectivity index is 1.99. The molecule has 0 aliphatic rings. The Bertz CT molecular complexity index is 395. The third kappa shape index (κ3) is 1.85. The number of hydrogen-bond donors (Lipinski definition) is 1. The first kappa shape index (κ1) is 8.61. The lowest BCUT2D eigenvalue weighted by Crippen LogP contribution is -2.07. The van der Waals surface area contributed by atoms with E-state index in [1.54, 1.807) is 10.9 Å². The van der Waals surface area contributed by atoms with E-state index in [0.29, 0.717) is 12.5 Å². The van der Waals surface area contributed by atoms with Gasteiger partial charge in [-0.15, -0.1) is 0 Å². The lowest BCUT2D eigenvalue weighted by Gasteiger charge is -2.00. The number of anilines is 1. The predicted molar refractivity (Wildman–Crippen MR) is 50.2 cm³/mol. The highest BCUT2D eigenvalue weighted by Crippen LogP contribution is 2.00. The molecule has 0 bridgehead atoms. The van der Waals surface area contributed by atoms with E-state index >= 15 is 0 Å². The fraction of sp³-hybridized carbons (Fsp3) is 0.250. The maximum Gasteiger partial charge on any atom is 0.240 e. The molecule has 0 aliphatic heterocycles. The van der Waals surface area contributed by atoms with Crippen molar-refractivity contribution in [3.63, 3.8) is 0 Å². The van der Waals surface area contributed by atoms with Crippen LogP contribution in [0.4, 0.5) is 5.95 Å². The molecule has 2 rings (SSSR count). The van der Waals surface area contributed by atoms with Crippen molar-refractivity contribution in [2.75, 3.05) is 5.73 Å². The van der Waals surface area contributed by atoms with Gasteiger partial charge in [0.15, 0.2) is 0 Å². The lowest BCUT2D eigenvalue weighted by atomic mass is 10.2. The Morgan fingerprint density at radius 1 is 1.43 bits per heavy atom. The molecule has 0 aliphatic carbocycles. The van der Waals surface area contributed by atoms with Crippen LogP contribution in [0.15, 0.2) is 24.5 Å². The molecule has 0 saturated carbocycles. The van der Waals surface area contributed by atoms with Crippen LogP contribution in [-0.2, 0) is 13.0 Å². The Labute approximate surface area is 80.8 Å². The van der Waals surface area contributed by atoms with Gasteiger partial charge < -0.3 is 5.73 Å². The predicted octanol–water partition coefficient (Wildman–Crippen LogP) is -0.107. The van der Waals surface area contributed by atoms with E-state index in [-0.39, 0.29) is 0 Å². The SMILES string of the molecule is Nc1nnnn1CCc1cccnc1. The van der Waals surface area contributed by atoms with Crippen LogP contribution >= 0.6 is 0 Å². The van der Waals surface area contributed by atoms with Crippen molar-refractivity contribution < 1.29 is 0 Å². The zero-order valence-corrected chi connectivity index (χ0v) is 7.54. The summed E-state index contributed by atoms with van der Waals surface area (Å²) in [7, 11) is 0. The second kappa shape index (κ2) is 3.82. The third-order valence-electron chi connectivity index (χ3n) is 1.89. The molecule has 14 heavy (non-hydrogen) atoms. The molecule has 0 spiro atoms. The first-order valence-corrected chi connectivity index (χ1v) is 4.27. The summed E-state index contributed by atoms with van der Waals surface area (Å²) in [4.78, 5) is 4.01. The van der Waals surface area contributed by atoms with E-state index in [1.165, 1.54) is 0 Å². The van der Waals surface area contributed by atoms with Gasteiger partial charge in [-0.25, -0.2) is 4.68 Å². The Morgan fingerprint density at radius 3 is 3.00 bits per heavy atom. The Morgan fingerprint density at radius 2 is 2.36 bits per heavy atom. The molecule has 2 aromatic heterocycles. The highest BCUT2D eigenvalue weighted by molar-refractivity contribution is 5.12. The van der Waals surface area contributed by atoms with Crippen molar-refractivity contribution in [3.8, 4) is 0 Å². The van der Waals surface area contributed by atoms with Crippen molar-refractivity contribution in [1.82, 2.24) is 25.2 Å². The average molecular weight is 190 g/mol. The zero-order valence-electron chi connectivity index (χ0n) is 7.54. The molecular formula is C8H10N6. The largest absolute Gasteiger partial charge is 0.367 e. The van der Waals surface area contributed by atoms with Gasteiger partial charge in [0, 0.05) is 12.4 Å². The molecule has 0 aromatic carbocycles. The molecule has 0 atom stereocenters. The maximum atomic E-state index is 5.52. The topological polar surface area (TPSA) is 82.5 Å². The zero-order chi connectivity index (χ0) is 9.80. The summed E-state index contributed by atoms with van der Waals surface area (Å²) in [6, 6.07) is 3.91. The van der Waals surface area contributed by atoms with Gasteiger partial charge in [0.25, 0.3) is 0 Å². The van der Waals surface area contributed by atoms with Crippen LogP contribution in [0.5, 0.6) is 0 Å². The molecule has 0 amide bonds. The standard InChI is InChI=1S/C8H10N6/c9-8-11-12-13-14(8)5-3-7-2-1-4-10-6-7/h1-2,4,6H,3,5H2,(H2,9,11,13). The monoisotopic (exact) mass is 190 g/mol. The first-order chi connectivity index (χ1) is 6.86. The average Bonchev–Trinajstić information content (AvgIpc) is 2.63. The van der Waals surface area contributed by atoms with Crippen molar-refractivity contribution in [2.24, 2.45) is 0 Å². The van der Waals surface area contributed by atoms with E-state index in [9.17, 15) is 0 Å². The highest BCUT2D eigenvalue weighted by Gasteiger charge is 2.00. The molecule has 6 heteroatoms. The molecular weight excluding hydrogens is 180 g/mol. The molecule has 2 aromatic rings. The second-order valence-electron chi connectivity index (χ2n) is 2.87. The molecule has 2 heterocycles. The van der Waals surface area contributed by atoms with Gasteiger partial charge in [0.2, 0.25) is 5.95 Å². The van der Waals surface area contributed by atoms with Crippen LogP contribution in [0.1, 0.15) is 5.56 Å². The summed E-state index contributed by atoms with van der Waals surface area (Å²) in [6.07, 6.45) is 4.39. The number of pyridine rings is 1. The molecule has 6 nitrogen and oxygen atoms in total. The van der Waals surface area contributed by atoms with Gasteiger partial charge in [0.05, 0.1) is 6.54 Å². The van der Waals surface area contributed by atoms with Crippen LogP contribution in [0, 0.1) is 0 Å². The minimum Gasteiger partial charge on any atom is -0.367 e. The number of aromatic nitrogens is 5. The first-order valence-electron chi connectivity index (χ1n) is 4.27. The fourth-order valence-corrected chi connectivity index (χ4v) is 1.15. The third-order valence-corrected chi connectivity index (χ3v) is 1.89. The second-order valence-corrected chi connectivity index (χ2v) is 2.87. The number of nitrogens with two attached hydrogens (primary N) is 1. The molecule has 72 valence electrons. The van der Waals surface area contributed by atoms with E-state index in [4.69, 9.17) is 5.73 Å². The molecule has 0 unspecified atom stereocenters. The van der Waals surface area contributed by atoms with Crippen LogP contribution in [0.25, 0.3) is 0 Å². The summed E-state index contributed by atoms with van der Waals surface area (Å²) < 4.78 is 1.56. The van der Waals surface area contributed by atoms with E-state index in [2.05, 4.69) is 20.5 Å². The van der Waals surface area contributed by atoms with Crippen molar-refractivity contribution >= 4 is 5.95 Å². The number of nitrogen functional groups attached to an aromatic ring is 1. The number of rotatable bonds is 3. The molecule has 0 saturated heterocycles. The van der Waals surface area contributed by atoms with E-state index in [1.807, 2.05) is 18.3 Å².